The fourth-order valence-electron chi connectivity index (χ4n) is 2.05. The van der Waals surface area contributed by atoms with Gasteiger partial charge in [0.1, 0.15) is 17.3 Å². The Hall–Kier alpha value is -2.21. The van der Waals surface area contributed by atoms with E-state index in [-0.39, 0.29) is 11.6 Å². The molecule has 0 fully saturated rings. The molecule has 2 N–H and O–H groups in total. The molecule has 2 aromatic rings. The van der Waals surface area contributed by atoms with Crippen LogP contribution in [0.4, 0.5) is 4.39 Å². The van der Waals surface area contributed by atoms with Crippen molar-refractivity contribution in [3.05, 3.63) is 59.9 Å². The zero-order chi connectivity index (χ0) is 17.7. The van der Waals surface area contributed by atoms with E-state index in [9.17, 15) is 19.4 Å². The lowest BCUT2D eigenvalue weighted by atomic mass is 10.0. The molecular weight excluding hydrogens is 331 g/mol. The number of carboxylic acids is 1. The summed E-state index contributed by atoms with van der Waals surface area (Å²) in [4.78, 5) is 11.8. The maximum absolute atomic E-state index is 13.7. The van der Waals surface area contributed by atoms with Crippen LogP contribution in [0.25, 0.3) is 0 Å². The Labute approximate surface area is 144 Å². The van der Waals surface area contributed by atoms with E-state index in [2.05, 4.69) is 0 Å². The molecule has 0 saturated heterocycles. The van der Waals surface area contributed by atoms with Gasteiger partial charge in [0.25, 0.3) is 0 Å². The Kier molecular flexibility index (Phi) is 5.72. The second kappa shape index (κ2) is 7.57. The Morgan fingerprint density at radius 2 is 1.88 bits per heavy atom. The van der Waals surface area contributed by atoms with Gasteiger partial charge in [-0.15, -0.1) is 11.8 Å². The van der Waals surface area contributed by atoms with Crippen LogP contribution >= 0.6 is 11.8 Å². The second-order valence-corrected chi connectivity index (χ2v) is 6.88. The summed E-state index contributed by atoms with van der Waals surface area (Å²) in [6.45, 7) is 3.22. The molecule has 0 amide bonds. The van der Waals surface area contributed by atoms with Crippen molar-refractivity contribution in [1.82, 2.24) is 0 Å². The number of halogens is 1. The van der Waals surface area contributed by atoms with E-state index in [0.29, 0.717) is 17.1 Å². The van der Waals surface area contributed by atoms with Gasteiger partial charge in [0.05, 0.1) is 5.25 Å². The van der Waals surface area contributed by atoms with E-state index < -0.39 is 16.8 Å². The van der Waals surface area contributed by atoms with Gasteiger partial charge in [-0.2, -0.15) is 0 Å². The molecule has 0 saturated carbocycles. The van der Waals surface area contributed by atoms with Crippen LogP contribution in [0.2, 0.25) is 0 Å². The van der Waals surface area contributed by atoms with Crippen LogP contribution in [0.1, 0.15) is 19.4 Å². The van der Waals surface area contributed by atoms with Crippen molar-refractivity contribution in [2.75, 3.05) is 0 Å². The van der Waals surface area contributed by atoms with Crippen molar-refractivity contribution in [2.45, 2.75) is 30.5 Å². The SMILES string of the molecule is CC(SCc1ccccc1F)C(C)(Oc1ccc(O)cc1)C(=O)O. The molecule has 2 unspecified atom stereocenters. The highest BCUT2D eigenvalue weighted by Crippen LogP contribution is 2.32. The number of rotatable bonds is 7. The summed E-state index contributed by atoms with van der Waals surface area (Å²) in [5.41, 5.74) is -0.973. The predicted octanol–water partition coefficient (Wildman–Crippen LogP) is 4.08. The predicted molar refractivity (Wildman–Crippen MR) is 91.9 cm³/mol. The fourth-order valence-corrected chi connectivity index (χ4v) is 3.18. The average Bonchev–Trinajstić information content (AvgIpc) is 2.55. The normalized spacial score (nSPS) is 14.6. The van der Waals surface area contributed by atoms with Gasteiger partial charge in [-0.05, 0) is 49.7 Å². The van der Waals surface area contributed by atoms with Crippen LogP contribution in [-0.4, -0.2) is 27.0 Å². The van der Waals surface area contributed by atoms with Crippen molar-refractivity contribution in [3.8, 4) is 11.5 Å². The smallest absolute Gasteiger partial charge is 0.348 e. The van der Waals surface area contributed by atoms with E-state index in [1.54, 1.807) is 25.1 Å². The zero-order valence-corrected chi connectivity index (χ0v) is 14.2. The Balaban J connectivity index is 2.11. The summed E-state index contributed by atoms with van der Waals surface area (Å²) >= 11 is 1.31. The molecule has 0 aliphatic heterocycles. The van der Waals surface area contributed by atoms with E-state index in [0.717, 1.165) is 0 Å². The minimum absolute atomic E-state index is 0.0707. The van der Waals surface area contributed by atoms with Crippen molar-refractivity contribution in [3.63, 3.8) is 0 Å². The molecular formula is C18H19FO4S. The average molecular weight is 350 g/mol. The van der Waals surface area contributed by atoms with Crippen LogP contribution in [0.3, 0.4) is 0 Å². The lowest BCUT2D eigenvalue weighted by molar-refractivity contribution is -0.153. The highest BCUT2D eigenvalue weighted by atomic mass is 32.2. The summed E-state index contributed by atoms with van der Waals surface area (Å²) in [6.07, 6.45) is 0. The molecule has 4 nitrogen and oxygen atoms in total. The molecule has 0 aromatic heterocycles. The molecule has 0 aliphatic rings. The maximum Gasteiger partial charge on any atom is 0.348 e. The minimum Gasteiger partial charge on any atom is -0.508 e. The number of phenolic OH excluding ortho intramolecular Hbond substituents is 1. The van der Waals surface area contributed by atoms with Crippen LogP contribution < -0.4 is 4.74 Å². The number of benzene rings is 2. The Morgan fingerprint density at radius 3 is 2.46 bits per heavy atom. The molecule has 0 spiro atoms. The van der Waals surface area contributed by atoms with Crippen molar-refractivity contribution in [2.24, 2.45) is 0 Å². The van der Waals surface area contributed by atoms with E-state index >= 15 is 0 Å². The number of phenols is 1. The number of hydrogen-bond acceptors (Lipinski definition) is 4. The second-order valence-electron chi connectivity index (χ2n) is 5.55. The fraction of sp³-hybridized carbons (Fsp3) is 0.278. The van der Waals surface area contributed by atoms with E-state index in [4.69, 9.17) is 4.74 Å². The first kappa shape index (κ1) is 18.1. The minimum atomic E-state index is -1.49. The number of thioether (sulfide) groups is 1. The highest BCUT2D eigenvalue weighted by molar-refractivity contribution is 7.99. The molecule has 2 aromatic carbocycles. The van der Waals surface area contributed by atoms with Gasteiger partial charge in [0, 0.05) is 5.75 Å². The van der Waals surface area contributed by atoms with Crippen LogP contribution in [0, 0.1) is 5.82 Å². The van der Waals surface area contributed by atoms with Crippen molar-refractivity contribution in [1.29, 1.82) is 0 Å². The molecule has 0 heterocycles. The quantitative estimate of drug-likeness (QED) is 0.788. The lowest BCUT2D eigenvalue weighted by Crippen LogP contribution is -2.49. The van der Waals surface area contributed by atoms with Gasteiger partial charge in [0.15, 0.2) is 0 Å². The van der Waals surface area contributed by atoms with Crippen molar-refractivity contribution >= 4 is 17.7 Å². The first-order chi connectivity index (χ1) is 11.3. The van der Waals surface area contributed by atoms with E-state index in [1.165, 1.54) is 49.0 Å². The summed E-state index contributed by atoms with van der Waals surface area (Å²) in [7, 11) is 0. The molecule has 24 heavy (non-hydrogen) atoms. The molecule has 128 valence electrons. The van der Waals surface area contributed by atoms with Gasteiger partial charge in [-0.1, -0.05) is 18.2 Å². The third-order valence-corrected chi connectivity index (χ3v) is 5.24. The van der Waals surface area contributed by atoms with Gasteiger partial charge in [0.2, 0.25) is 5.60 Å². The number of carbonyl (C=O) groups is 1. The number of carboxylic acid groups (broad SMARTS) is 1. The zero-order valence-electron chi connectivity index (χ0n) is 13.4. The largest absolute Gasteiger partial charge is 0.508 e. The first-order valence-electron chi connectivity index (χ1n) is 7.39. The summed E-state index contributed by atoms with van der Waals surface area (Å²) in [6, 6.07) is 12.3. The summed E-state index contributed by atoms with van der Waals surface area (Å²) in [5, 5.41) is 18.5. The molecule has 2 rings (SSSR count). The number of aliphatic carboxylic acids is 1. The van der Waals surface area contributed by atoms with Crippen molar-refractivity contribution < 1.29 is 24.1 Å². The monoisotopic (exact) mass is 350 g/mol. The number of aromatic hydroxyl groups is 1. The molecule has 0 radical (unpaired) electrons. The topological polar surface area (TPSA) is 66.8 Å². The first-order valence-corrected chi connectivity index (χ1v) is 8.44. The van der Waals surface area contributed by atoms with Gasteiger partial charge in [-0.3, -0.25) is 0 Å². The number of ether oxygens (including phenoxy) is 1. The third kappa shape index (κ3) is 4.20. The maximum atomic E-state index is 13.7. The van der Waals surface area contributed by atoms with Crippen LogP contribution in [-0.2, 0) is 10.5 Å². The van der Waals surface area contributed by atoms with Gasteiger partial charge >= 0.3 is 5.97 Å². The molecule has 0 bridgehead atoms. The Bertz CT molecular complexity index is 704. The summed E-state index contributed by atoms with van der Waals surface area (Å²) in [5.74, 6) is -0.662. The van der Waals surface area contributed by atoms with E-state index in [1.807, 2.05) is 0 Å². The van der Waals surface area contributed by atoms with Gasteiger partial charge < -0.3 is 14.9 Å². The lowest BCUT2D eigenvalue weighted by Gasteiger charge is -2.32. The van der Waals surface area contributed by atoms with Crippen LogP contribution in [0.5, 0.6) is 11.5 Å². The Morgan fingerprint density at radius 1 is 1.25 bits per heavy atom. The standard InChI is InChI=1S/C18H19FO4S/c1-12(24-11-13-5-3-4-6-16(13)19)18(2,17(21)22)23-15-9-7-14(20)8-10-15/h3-10,12,20H,11H2,1-2H3,(H,21,22). The third-order valence-electron chi connectivity index (χ3n) is 3.81. The number of hydrogen-bond donors (Lipinski definition) is 2. The molecule has 0 aliphatic carbocycles. The molecule has 6 heteroatoms. The van der Waals surface area contributed by atoms with Gasteiger partial charge in [-0.25, -0.2) is 9.18 Å². The highest BCUT2D eigenvalue weighted by Gasteiger charge is 2.42. The van der Waals surface area contributed by atoms with Crippen LogP contribution in [0.15, 0.2) is 48.5 Å². The molecule has 2 atom stereocenters. The summed E-state index contributed by atoms with van der Waals surface area (Å²) < 4.78 is 19.4.